The molecule has 2 aromatic heterocycles. The summed E-state index contributed by atoms with van der Waals surface area (Å²) in [6.07, 6.45) is 0. The lowest BCUT2D eigenvalue weighted by molar-refractivity contribution is 0.0431. The molecule has 0 spiro atoms. The quantitative estimate of drug-likeness (QED) is 0.587. The summed E-state index contributed by atoms with van der Waals surface area (Å²) in [4.78, 5) is 17.1. The van der Waals surface area contributed by atoms with Gasteiger partial charge in [-0.3, -0.25) is 0 Å². The Balaban J connectivity index is 1.68. The first-order valence-electron chi connectivity index (χ1n) is 6.54. The molecule has 0 saturated heterocycles. The van der Waals surface area contributed by atoms with Gasteiger partial charge >= 0.3 is 5.97 Å². The van der Waals surface area contributed by atoms with Gasteiger partial charge in [0.05, 0.1) is 10.4 Å². The third-order valence-electron chi connectivity index (χ3n) is 3.08. The first-order chi connectivity index (χ1) is 10.6. The minimum absolute atomic E-state index is 0.0927. The zero-order chi connectivity index (χ0) is 15.5. The highest BCUT2D eigenvalue weighted by molar-refractivity contribution is 7.13. The number of hydrogen-bond donors (Lipinski definition) is 1. The first kappa shape index (κ1) is 14.3. The molecule has 0 unspecified atom stereocenters. The summed E-state index contributed by atoms with van der Waals surface area (Å²) < 4.78 is 10.2. The van der Waals surface area contributed by atoms with E-state index in [1.807, 2.05) is 30.5 Å². The van der Waals surface area contributed by atoms with Crippen LogP contribution in [-0.2, 0) is 11.3 Å². The Morgan fingerprint density at radius 3 is 3.00 bits per heavy atom. The van der Waals surface area contributed by atoms with Gasteiger partial charge in [0, 0.05) is 5.69 Å². The number of thiophene rings is 1. The van der Waals surface area contributed by atoms with Crippen LogP contribution in [0.5, 0.6) is 0 Å². The number of carbonyl (C=O) groups excluding carboxylic acids is 1. The second kappa shape index (κ2) is 5.98. The lowest BCUT2D eigenvalue weighted by Gasteiger charge is -2.07. The summed E-state index contributed by atoms with van der Waals surface area (Å²) >= 11 is 1.50. The lowest BCUT2D eigenvalue weighted by atomic mass is 10.1. The number of aryl methyl sites for hydroxylation is 1. The summed E-state index contributed by atoms with van der Waals surface area (Å²) in [6, 6.07) is 8.99. The van der Waals surface area contributed by atoms with Crippen molar-refractivity contribution < 1.29 is 14.1 Å². The Morgan fingerprint density at radius 1 is 1.36 bits per heavy atom. The first-order valence-corrected chi connectivity index (χ1v) is 7.42. The molecule has 0 fully saturated rings. The third-order valence-corrected chi connectivity index (χ3v) is 3.95. The molecule has 0 aliphatic rings. The molecule has 3 aromatic rings. The fourth-order valence-electron chi connectivity index (χ4n) is 1.88. The highest BCUT2D eigenvalue weighted by Gasteiger charge is 2.15. The van der Waals surface area contributed by atoms with Crippen LogP contribution in [0.25, 0.3) is 10.7 Å². The van der Waals surface area contributed by atoms with Crippen LogP contribution in [0.15, 0.2) is 40.2 Å². The molecule has 1 aromatic carbocycles. The van der Waals surface area contributed by atoms with Crippen molar-refractivity contribution in [2.75, 3.05) is 5.73 Å². The largest absolute Gasteiger partial charge is 0.452 e. The highest BCUT2D eigenvalue weighted by atomic mass is 32.1. The summed E-state index contributed by atoms with van der Waals surface area (Å²) in [5, 5.41) is 5.77. The number of aromatic nitrogens is 2. The summed E-state index contributed by atoms with van der Waals surface area (Å²) in [5.74, 6) is 0.205. The fourth-order valence-corrected chi connectivity index (χ4v) is 2.53. The Hall–Kier alpha value is -2.67. The molecule has 3 rings (SSSR count). The number of ether oxygens (including phenoxy) is 1. The Labute approximate surface area is 130 Å². The minimum Gasteiger partial charge on any atom is -0.452 e. The minimum atomic E-state index is -0.517. The predicted octanol–water partition coefficient (Wildman–Crippen LogP) is 3.05. The zero-order valence-electron chi connectivity index (χ0n) is 11.8. The lowest BCUT2D eigenvalue weighted by Crippen LogP contribution is -2.09. The maximum absolute atomic E-state index is 12.0. The Bertz CT molecular complexity index is 796. The van der Waals surface area contributed by atoms with Crippen molar-refractivity contribution in [2.24, 2.45) is 0 Å². The summed E-state index contributed by atoms with van der Waals surface area (Å²) in [6.45, 7) is 1.74. The molecular weight excluding hydrogens is 302 g/mol. The van der Waals surface area contributed by atoms with Crippen LogP contribution < -0.4 is 5.73 Å². The maximum Gasteiger partial charge on any atom is 0.340 e. The second-order valence-corrected chi connectivity index (χ2v) is 5.55. The summed E-state index contributed by atoms with van der Waals surface area (Å²) in [7, 11) is 0. The zero-order valence-corrected chi connectivity index (χ0v) is 12.6. The molecule has 0 aliphatic heterocycles. The van der Waals surface area contributed by atoms with Crippen molar-refractivity contribution in [2.45, 2.75) is 13.5 Å². The number of esters is 1. The van der Waals surface area contributed by atoms with Crippen molar-refractivity contribution >= 4 is 23.0 Å². The van der Waals surface area contributed by atoms with Crippen LogP contribution in [0.1, 0.15) is 21.8 Å². The van der Waals surface area contributed by atoms with E-state index in [1.165, 1.54) is 11.3 Å². The molecule has 22 heavy (non-hydrogen) atoms. The maximum atomic E-state index is 12.0. The van der Waals surface area contributed by atoms with Crippen LogP contribution in [0, 0.1) is 6.92 Å². The number of rotatable bonds is 4. The molecule has 0 amide bonds. The molecule has 0 atom stereocenters. The van der Waals surface area contributed by atoms with E-state index in [0.29, 0.717) is 17.1 Å². The van der Waals surface area contributed by atoms with Crippen LogP contribution in [0.2, 0.25) is 0 Å². The van der Waals surface area contributed by atoms with E-state index >= 15 is 0 Å². The van der Waals surface area contributed by atoms with E-state index in [9.17, 15) is 4.79 Å². The Morgan fingerprint density at radius 2 is 2.23 bits per heavy atom. The standard InChI is InChI=1S/C15H13N3O3S/c1-9-4-2-5-10(13(9)16)15(19)20-8-12-17-14(18-21-12)11-6-3-7-22-11/h2-7H,8,16H2,1H3. The Kier molecular flexibility index (Phi) is 3.88. The SMILES string of the molecule is Cc1cccc(C(=O)OCc2nc(-c3cccs3)no2)c1N. The van der Waals surface area contributed by atoms with E-state index in [0.717, 1.165) is 10.4 Å². The van der Waals surface area contributed by atoms with Crippen LogP contribution in [0.4, 0.5) is 5.69 Å². The summed E-state index contributed by atoms with van der Waals surface area (Å²) in [5.41, 5.74) is 7.44. The van der Waals surface area contributed by atoms with Crippen molar-refractivity contribution in [1.29, 1.82) is 0 Å². The van der Waals surface area contributed by atoms with Gasteiger partial charge in [-0.1, -0.05) is 23.4 Å². The number of para-hydroxylation sites is 1. The molecule has 0 aliphatic carbocycles. The van der Waals surface area contributed by atoms with Crippen molar-refractivity contribution in [3.8, 4) is 10.7 Å². The van der Waals surface area contributed by atoms with Gasteiger partial charge in [-0.15, -0.1) is 11.3 Å². The topological polar surface area (TPSA) is 91.2 Å². The smallest absolute Gasteiger partial charge is 0.340 e. The number of anilines is 1. The number of nitrogens with two attached hydrogens (primary N) is 1. The van der Waals surface area contributed by atoms with Gasteiger partial charge in [0.15, 0.2) is 6.61 Å². The average Bonchev–Trinajstić information content (AvgIpc) is 3.18. The fraction of sp³-hybridized carbons (Fsp3) is 0.133. The van der Waals surface area contributed by atoms with E-state index in [2.05, 4.69) is 10.1 Å². The van der Waals surface area contributed by atoms with Gasteiger partial charge in [-0.25, -0.2) is 4.79 Å². The van der Waals surface area contributed by atoms with E-state index in [1.54, 1.807) is 12.1 Å². The second-order valence-electron chi connectivity index (χ2n) is 4.60. The molecule has 0 saturated carbocycles. The molecule has 0 bridgehead atoms. The van der Waals surface area contributed by atoms with E-state index < -0.39 is 5.97 Å². The monoisotopic (exact) mass is 315 g/mol. The normalized spacial score (nSPS) is 10.6. The van der Waals surface area contributed by atoms with Gasteiger partial charge in [0.25, 0.3) is 5.89 Å². The molecular formula is C15H13N3O3S. The number of hydrogen-bond acceptors (Lipinski definition) is 7. The van der Waals surface area contributed by atoms with Crippen molar-refractivity contribution in [1.82, 2.24) is 10.1 Å². The predicted molar refractivity (Wildman–Crippen MR) is 82.3 cm³/mol. The molecule has 0 radical (unpaired) electrons. The van der Waals surface area contributed by atoms with Crippen LogP contribution >= 0.6 is 11.3 Å². The molecule has 2 heterocycles. The van der Waals surface area contributed by atoms with Crippen molar-refractivity contribution in [3.63, 3.8) is 0 Å². The number of nitrogen functional groups attached to an aromatic ring is 1. The average molecular weight is 315 g/mol. The van der Waals surface area contributed by atoms with Gasteiger partial charge in [-0.05, 0) is 30.0 Å². The number of carbonyl (C=O) groups is 1. The highest BCUT2D eigenvalue weighted by Crippen LogP contribution is 2.22. The van der Waals surface area contributed by atoms with Gasteiger partial charge in [0.1, 0.15) is 0 Å². The third kappa shape index (κ3) is 2.84. The van der Waals surface area contributed by atoms with Crippen molar-refractivity contribution in [3.05, 3.63) is 52.7 Å². The molecule has 7 heteroatoms. The van der Waals surface area contributed by atoms with Crippen LogP contribution in [0.3, 0.4) is 0 Å². The van der Waals surface area contributed by atoms with Gasteiger partial charge < -0.3 is 15.0 Å². The van der Waals surface area contributed by atoms with E-state index in [4.69, 9.17) is 15.0 Å². The number of nitrogens with zero attached hydrogens (tertiary/aromatic N) is 2. The number of benzene rings is 1. The molecule has 2 N–H and O–H groups in total. The molecule has 6 nitrogen and oxygen atoms in total. The van der Waals surface area contributed by atoms with Crippen LogP contribution in [-0.4, -0.2) is 16.1 Å². The molecule has 112 valence electrons. The van der Waals surface area contributed by atoms with E-state index in [-0.39, 0.29) is 12.5 Å². The van der Waals surface area contributed by atoms with Gasteiger partial charge in [0.2, 0.25) is 5.82 Å². The van der Waals surface area contributed by atoms with Gasteiger partial charge in [-0.2, -0.15) is 4.98 Å².